The summed E-state index contributed by atoms with van der Waals surface area (Å²) in [6, 6.07) is 7.80. The summed E-state index contributed by atoms with van der Waals surface area (Å²) in [5.74, 6) is 0.865. The van der Waals surface area contributed by atoms with Crippen LogP contribution < -0.4 is 5.32 Å². The Bertz CT molecular complexity index is 436. The Morgan fingerprint density at radius 1 is 1.37 bits per heavy atom. The van der Waals surface area contributed by atoms with Crippen LogP contribution in [0, 0.1) is 11.8 Å². The van der Waals surface area contributed by atoms with Gasteiger partial charge in [-0.05, 0) is 42.4 Å². The third kappa shape index (κ3) is 4.32. The molecule has 0 spiro atoms. The first-order valence-electron chi connectivity index (χ1n) is 6.81. The molecule has 2 N–H and O–H groups in total. The van der Waals surface area contributed by atoms with Gasteiger partial charge in [0.15, 0.2) is 0 Å². The van der Waals surface area contributed by atoms with Gasteiger partial charge in [0.2, 0.25) is 5.91 Å². The maximum Gasteiger partial charge on any atom is 0.224 e. The summed E-state index contributed by atoms with van der Waals surface area (Å²) >= 11 is 3.40. The molecular weight excluding hydrogens is 306 g/mol. The summed E-state index contributed by atoms with van der Waals surface area (Å²) in [5.41, 5.74) is 1.01. The second kappa shape index (κ2) is 7.06. The molecule has 2 rings (SSSR count). The molecule has 0 radical (unpaired) electrons. The minimum absolute atomic E-state index is 0.0571. The van der Waals surface area contributed by atoms with Gasteiger partial charge in [0.05, 0.1) is 6.42 Å². The van der Waals surface area contributed by atoms with Crippen molar-refractivity contribution in [1.82, 2.24) is 5.32 Å². The smallest absolute Gasteiger partial charge is 0.224 e. The van der Waals surface area contributed by atoms with Crippen molar-refractivity contribution in [2.24, 2.45) is 11.8 Å². The van der Waals surface area contributed by atoms with E-state index in [9.17, 15) is 9.90 Å². The van der Waals surface area contributed by atoms with E-state index in [2.05, 4.69) is 21.2 Å². The van der Waals surface area contributed by atoms with Crippen LogP contribution in [0.1, 0.15) is 24.8 Å². The second-order valence-electron chi connectivity index (χ2n) is 5.24. The molecule has 19 heavy (non-hydrogen) atoms. The number of amides is 1. The van der Waals surface area contributed by atoms with Crippen LogP contribution in [0.4, 0.5) is 0 Å². The Balaban J connectivity index is 1.78. The van der Waals surface area contributed by atoms with Gasteiger partial charge in [-0.1, -0.05) is 34.5 Å². The molecule has 0 heterocycles. The van der Waals surface area contributed by atoms with Crippen molar-refractivity contribution in [3.05, 3.63) is 34.3 Å². The molecule has 3 nitrogen and oxygen atoms in total. The lowest BCUT2D eigenvalue weighted by molar-refractivity contribution is -0.120. The fourth-order valence-corrected chi connectivity index (χ4v) is 3.21. The predicted molar refractivity (Wildman–Crippen MR) is 78.8 cm³/mol. The highest BCUT2D eigenvalue weighted by molar-refractivity contribution is 9.10. The Labute approximate surface area is 122 Å². The predicted octanol–water partition coefficient (Wildman–Crippen LogP) is 2.52. The van der Waals surface area contributed by atoms with Crippen molar-refractivity contribution in [1.29, 1.82) is 0 Å². The molecule has 1 aromatic rings. The second-order valence-corrected chi connectivity index (χ2v) is 6.16. The summed E-state index contributed by atoms with van der Waals surface area (Å²) in [6.45, 7) is 0.935. The standard InChI is InChI=1S/C15H20BrNO2/c16-14-6-1-3-11(7-14)8-15(19)17-9-12-4-2-5-13(12)10-18/h1,3,6-7,12-13,18H,2,4-5,8-10H2,(H,17,19). The molecular formula is C15H20BrNO2. The number of nitrogens with one attached hydrogen (secondary N) is 1. The molecule has 1 amide bonds. The van der Waals surface area contributed by atoms with Gasteiger partial charge in [0.1, 0.15) is 0 Å². The summed E-state index contributed by atoms with van der Waals surface area (Å²) in [7, 11) is 0. The Morgan fingerprint density at radius 2 is 2.16 bits per heavy atom. The summed E-state index contributed by atoms with van der Waals surface area (Å²) in [6.07, 6.45) is 3.78. The summed E-state index contributed by atoms with van der Waals surface area (Å²) < 4.78 is 0.994. The van der Waals surface area contributed by atoms with Gasteiger partial charge >= 0.3 is 0 Å². The third-order valence-corrected chi connectivity index (χ3v) is 4.36. The number of hydrogen-bond acceptors (Lipinski definition) is 2. The first-order chi connectivity index (χ1) is 9.19. The van der Waals surface area contributed by atoms with E-state index in [1.54, 1.807) is 0 Å². The maximum atomic E-state index is 11.9. The van der Waals surface area contributed by atoms with Crippen LogP contribution in [-0.2, 0) is 11.2 Å². The van der Waals surface area contributed by atoms with E-state index in [4.69, 9.17) is 0 Å². The van der Waals surface area contributed by atoms with E-state index in [1.165, 1.54) is 0 Å². The zero-order valence-electron chi connectivity index (χ0n) is 10.9. The number of hydrogen-bond donors (Lipinski definition) is 2. The monoisotopic (exact) mass is 325 g/mol. The molecule has 1 saturated carbocycles. The van der Waals surface area contributed by atoms with Gasteiger partial charge in [-0.15, -0.1) is 0 Å². The third-order valence-electron chi connectivity index (χ3n) is 3.87. The fraction of sp³-hybridized carbons (Fsp3) is 0.533. The topological polar surface area (TPSA) is 49.3 Å². The van der Waals surface area contributed by atoms with Crippen molar-refractivity contribution in [3.63, 3.8) is 0 Å². The van der Waals surface area contributed by atoms with Crippen LogP contribution >= 0.6 is 15.9 Å². The van der Waals surface area contributed by atoms with E-state index in [0.717, 1.165) is 29.3 Å². The summed E-state index contributed by atoms with van der Waals surface area (Å²) in [5, 5.41) is 12.2. The lowest BCUT2D eigenvalue weighted by atomic mass is 9.97. The number of aliphatic hydroxyl groups is 1. The number of rotatable bonds is 5. The highest BCUT2D eigenvalue weighted by atomic mass is 79.9. The summed E-state index contributed by atoms with van der Waals surface area (Å²) in [4.78, 5) is 11.9. The average Bonchev–Trinajstić information content (AvgIpc) is 2.83. The molecule has 0 bridgehead atoms. The van der Waals surface area contributed by atoms with Crippen molar-refractivity contribution in [3.8, 4) is 0 Å². The molecule has 104 valence electrons. The van der Waals surface area contributed by atoms with Crippen LogP contribution in [0.5, 0.6) is 0 Å². The number of aliphatic hydroxyl groups excluding tert-OH is 1. The molecule has 1 aliphatic carbocycles. The zero-order chi connectivity index (χ0) is 13.7. The first-order valence-corrected chi connectivity index (χ1v) is 7.60. The molecule has 0 aliphatic heterocycles. The lowest BCUT2D eigenvalue weighted by Gasteiger charge is -2.17. The molecule has 2 unspecified atom stereocenters. The molecule has 2 atom stereocenters. The molecule has 1 aliphatic rings. The van der Waals surface area contributed by atoms with Crippen molar-refractivity contribution >= 4 is 21.8 Å². The lowest BCUT2D eigenvalue weighted by Crippen LogP contribution is -2.32. The van der Waals surface area contributed by atoms with Gasteiger partial charge < -0.3 is 10.4 Å². The minimum Gasteiger partial charge on any atom is -0.396 e. The maximum absolute atomic E-state index is 11.9. The zero-order valence-corrected chi connectivity index (χ0v) is 12.5. The molecule has 0 saturated heterocycles. The highest BCUT2D eigenvalue weighted by Crippen LogP contribution is 2.30. The highest BCUT2D eigenvalue weighted by Gasteiger charge is 2.26. The fourth-order valence-electron chi connectivity index (χ4n) is 2.76. The molecule has 1 aromatic carbocycles. The van der Waals surface area contributed by atoms with Crippen molar-refractivity contribution in [2.75, 3.05) is 13.2 Å². The van der Waals surface area contributed by atoms with Gasteiger partial charge in [0, 0.05) is 17.6 Å². The van der Waals surface area contributed by atoms with Crippen molar-refractivity contribution < 1.29 is 9.90 Å². The average molecular weight is 326 g/mol. The van der Waals surface area contributed by atoms with Gasteiger partial charge in [-0.3, -0.25) is 4.79 Å². The molecule has 0 aromatic heterocycles. The van der Waals surface area contributed by atoms with E-state index < -0.39 is 0 Å². The number of carbonyl (C=O) groups is 1. The quantitative estimate of drug-likeness (QED) is 0.873. The van der Waals surface area contributed by atoms with Gasteiger partial charge in [-0.2, -0.15) is 0 Å². The largest absolute Gasteiger partial charge is 0.396 e. The van der Waals surface area contributed by atoms with E-state index in [0.29, 0.717) is 24.8 Å². The van der Waals surface area contributed by atoms with Gasteiger partial charge in [0.25, 0.3) is 0 Å². The van der Waals surface area contributed by atoms with Crippen LogP contribution in [0.3, 0.4) is 0 Å². The number of carbonyl (C=O) groups excluding carboxylic acids is 1. The van der Waals surface area contributed by atoms with Crippen LogP contribution in [0.25, 0.3) is 0 Å². The normalized spacial score (nSPS) is 22.4. The Hall–Kier alpha value is -0.870. The molecule has 1 fully saturated rings. The minimum atomic E-state index is 0.0571. The number of halogens is 1. The SMILES string of the molecule is O=C(Cc1cccc(Br)c1)NCC1CCCC1CO. The van der Waals surface area contributed by atoms with E-state index >= 15 is 0 Å². The van der Waals surface area contributed by atoms with Gasteiger partial charge in [-0.25, -0.2) is 0 Å². The van der Waals surface area contributed by atoms with Crippen molar-refractivity contribution in [2.45, 2.75) is 25.7 Å². The molecule has 4 heteroatoms. The number of benzene rings is 1. The van der Waals surface area contributed by atoms with Crippen LogP contribution in [-0.4, -0.2) is 24.2 Å². The van der Waals surface area contributed by atoms with E-state index in [1.807, 2.05) is 24.3 Å². The Morgan fingerprint density at radius 3 is 2.89 bits per heavy atom. The first kappa shape index (κ1) is 14.5. The van der Waals surface area contributed by atoms with Crippen LogP contribution in [0.2, 0.25) is 0 Å². The van der Waals surface area contributed by atoms with Crippen LogP contribution in [0.15, 0.2) is 28.7 Å². The Kier molecular flexibility index (Phi) is 5.40. The van der Waals surface area contributed by atoms with E-state index in [-0.39, 0.29) is 12.5 Å².